The summed E-state index contributed by atoms with van der Waals surface area (Å²) in [5.41, 5.74) is 8.32. The molecule has 72 heavy (non-hydrogen) atoms. The number of thiophene rings is 2. The van der Waals surface area contributed by atoms with Crippen molar-refractivity contribution in [1.82, 2.24) is 0 Å². The summed E-state index contributed by atoms with van der Waals surface area (Å²) in [5.74, 6) is 2.86. The predicted octanol–water partition coefficient (Wildman–Crippen LogP) is 16.4. The highest BCUT2D eigenvalue weighted by Crippen LogP contribution is 2.55. The number of benzene rings is 5. The third-order valence-electron chi connectivity index (χ3n) is 13.7. The van der Waals surface area contributed by atoms with Gasteiger partial charge in [0.15, 0.2) is 17.3 Å². The standard InChI is InChI=1S/C61H60N2O7S2/c1-5-9-11-39(7-3)37-69-48-23-19-46(20-24-48)63(47-21-25-49(26-22-47)70-38-40(8-4)12-10-6-2)45-17-13-41(14-18-45)59-57-58(68-32-31-67-57)60(72-59)43-16-29-52-51-28-15-42(34-53(51)56(64)54(52)35-43)55-30-27-50(71-55)33-44(36-62)61(65)66/h13-30,33-35,39-40H,5-12,31-32,37-38H2,1-4H3,(H,65,66). The smallest absolute Gasteiger partial charge is 0.346 e. The van der Waals surface area contributed by atoms with E-state index in [1.165, 1.54) is 55.9 Å². The van der Waals surface area contributed by atoms with Gasteiger partial charge in [0.2, 0.25) is 0 Å². The molecule has 7 aromatic rings. The van der Waals surface area contributed by atoms with Gasteiger partial charge in [-0.05, 0) is 143 Å². The molecular formula is C61H60N2O7S2. The van der Waals surface area contributed by atoms with E-state index < -0.39 is 5.97 Å². The average molecular weight is 997 g/mol. The number of rotatable bonds is 22. The fraction of sp³-hybridized carbons (Fsp3) is 0.295. The Morgan fingerprint density at radius 2 is 1.14 bits per heavy atom. The monoisotopic (exact) mass is 996 g/mol. The first-order valence-electron chi connectivity index (χ1n) is 25.3. The lowest BCUT2D eigenvalue weighted by Crippen LogP contribution is -2.14. The first-order chi connectivity index (χ1) is 35.2. The van der Waals surface area contributed by atoms with E-state index in [0.29, 0.717) is 65.8 Å². The first-order valence-corrected chi connectivity index (χ1v) is 26.9. The number of fused-ring (bicyclic) bond motifs is 4. The number of nitriles is 1. The number of unbranched alkanes of at least 4 members (excludes halogenated alkanes) is 2. The van der Waals surface area contributed by atoms with Crippen molar-refractivity contribution >= 4 is 57.6 Å². The van der Waals surface area contributed by atoms with Gasteiger partial charge in [-0.15, -0.1) is 22.7 Å². The van der Waals surface area contributed by atoms with Gasteiger partial charge in [-0.25, -0.2) is 4.79 Å². The van der Waals surface area contributed by atoms with Crippen LogP contribution in [-0.2, 0) is 4.79 Å². The number of carboxylic acid groups (broad SMARTS) is 1. The van der Waals surface area contributed by atoms with Crippen molar-refractivity contribution in [3.63, 3.8) is 0 Å². The van der Waals surface area contributed by atoms with E-state index in [-0.39, 0.29) is 11.4 Å². The van der Waals surface area contributed by atoms with Gasteiger partial charge in [0, 0.05) is 37.9 Å². The second kappa shape index (κ2) is 23.0. The van der Waals surface area contributed by atoms with Crippen molar-refractivity contribution in [1.29, 1.82) is 5.26 Å². The van der Waals surface area contributed by atoms with Gasteiger partial charge in [-0.3, -0.25) is 4.79 Å². The third kappa shape index (κ3) is 10.9. The molecule has 1 N–H and O–H groups in total. The summed E-state index contributed by atoms with van der Waals surface area (Å²) in [5, 5.41) is 18.6. The quantitative estimate of drug-likeness (QED) is 0.0523. The summed E-state index contributed by atoms with van der Waals surface area (Å²) >= 11 is 2.96. The fourth-order valence-electron chi connectivity index (χ4n) is 9.39. The van der Waals surface area contributed by atoms with Crippen LogP contribution >= 0.6 is 22.7 Å². The second-order valence-corrected chi connectivity index (χ2v) is 20.6. The summed E-state index contributed by atoms with van der Waals surface area (Å²) in [6, 6.07) is 42.6. The second-order valence-electron chi connectivity index (χ2n) is 18.5. The molecule has 1 aliphatic carbocycles. The number of carbonyl (C=O) groups excluding carboxylic acids is 1. The van der Waals surface area contributed by atoms with Crippen molar-refractivity contribution in [2.45, 2.75) is 79.1 Å². The zero-order chi connectivity index (χ0) is 50.1. The van der Waals surface area contributed by atoms with E-state index >= 15 is 0 Å². The number of anilines is 3. The molecule has 11 heteroatoms. The molecule has 368 valence electrons. The van der Waals surface area contributed by atoms with E-state index in [2.05, 4.69) is 105 Å². The molecule has 0 amide bonds. The number of nitrogens with zero attached hydrogens (tertiary/aromatic N) is 2. The van der Waals surface area contributed by atoms with Crippen molar-refractivity contribution in [2.75, 3.05) is 31.3 Å². The van der Waals surface area contributed by atoms with E-state index in [9.17, 15) is 20.0 Å². The van der Waals surface area contributed by atoms with Gasteiger partial charge in [0.05, 0.1) is 23.0 Å². The fourth-order valence-corrected chi connectivity index (χ4v) is 11.5. The molecule has 1 aliphatic heterocycles. The summed E-state index contributed by atoms with van der Waals surface area (Å²) in [4.78, 5) is 31.2. The van der Waals surface area contributed by atoms with Crippen molar-refractivity contribution in [2.24, 2.45) is 11.8 Å². The molecule has 9 nitrogen and oxygen atoms in total. The summed E-state index contributed by atoms with van der Waals surface area (Å²) in [6.45, 7) is 11.2. The lowest BCUT2D eigenvalue weighted by Gasteiger charge is -2.26. The molecule has 0 saturated heterocycles. The average Bonchev–Trinajstić information content (AvgIpc) is 4.13. The Hall–Kier alpha value is -7.13. The van der Waals surface area contributed by atoms with Crippen LogP contribution in [0, 0.1) is 23.2 Å². The largest absolute Gasteiger partial charge is 0.493 e. The van der Waals surface area contributed by atoms with Crippen molar-refractivity contribution in [3.8, 4) is 71.5 Å². The molecule has 5 aromatic carbocycles. The Morgan fingerprint density at radius 3 is 1.64 bits per heavy atom. The molecular weight excluding hydrogens is 937 g/mol. The van der Waals surface area contributed by atoms with Crippen LogP contribution in [0.15, 0.2) is 127 Å². The summed E-state index contributed by atoms with van der Waals surface area (Å²) in [6.07, 6.45) is 10.7. The van der Waals surface area contributed by atoms with E-state index in [1.54, 1.807) is 23.5 Å². The van der Waals surface area contributed by atoms with Crippen molar-refractivity contribution < 1.29 is 33.6 Å². The summed E-state index contributed by atoms with van der Waals surface area (Å²) in [7, 11) is 0. The predicted molar refractivity (Wildman–Crippen MR) is 292 cm³/mol. The minimum Gasteiger partial charge on any atom is -0.493 e. The zero-order valence-corrected chi connectivity index (χ0v) is 43.0. The first kappa shape index (κ1) is 49.8. The van der Waals surface area contributed by atoms with Crippen LogP contribution in [0.4, 0.5) is 17.1 Å². The number of ether oxygens (including phenoxy) is 4. The van der Waals surface area contributed by atoms with E-state index in [1.807, 2.05) is 42.5 Å². The molecule has 0 spiro atoms. The molecule has 2 unspecified atom stereocenters. The molecule has 9 rings (SSSR count). The highest BCUT2D eigenvalue weighted by molar-refractivity contribution is 7.19. The number of carboxylic acids is 1. The SMILES string of the molecule is CCCCC(CC)COc1ccc(N(c2ccc(OCC(CC)CCCC)cc2)c2ccc(-c3sc(-c4ccc5c(c4)C(=O)c4cc(-c6ccc(C=C(C#N)C(=O)O)s6)ccc4-5)c4c3OCCO4)cc2)cc1. The van der Waals surface area contributed by atoms with Crippen molar-refractivity contribution in [3.05, 3.63) is 143 Å². The van der Waals surface area contributed by atoms with Gasteiger partial charge in [0.1, 0.15) is 36.4 Å². The molecule has 0 radical (unpaired) electrons. The van der Waals surface area contributed by atoms with Gasteiger partial charge in [0.25, 0.3) is 0 Å². The maximum atomic E-state index is 14.2. The molecule has 2 atom stereocenters. The zero-order valence-electron chi connectivity index (χ0n) is 41.4. The Kier molecular flexibility index (Phi) is 15.9. The Morgan fingerprint density at radius 1 is 0.653 bits per heavy atom. The third-order valence-corrected chi connectivity index (χ3v) is 16.0. The summed E-state index contributed by atoms with van der Waals surface area (Å²) < 4.78 is 25.4. The molecule has 0 fully saturated rings. The van der Waals surface area contributed by atoms with E-state index in [4.69, 9.17) is 18.9 Å². The molecule has 2 aromatic heterocycles. The highest BCUT2D eigenvalue weighted by Gasteiger charge is 2.31. The Bertz CT molecular complexity index is 3040. The highest BCUT2D eigenvalue weighted by atomic mass is 32.1. The lowest BCUT2D eigenvalue weighted by molar-refractivity contribution is -0.132. The van der Waals surface area contributed by atoms with Gasteiger partial charge < -0.3 is 29.0 Å². The van der Waals surface area contributed by atoms with Crippen LogP contribution in [0.5, 0.6) is 23.0 Å². The number of aliphatic carboxylic acids is 1. The lowest BCUT2D eigenvalue weighted by atomic mass is 10.0. The van der Waals surface area contributed by atoms with Crippen LogP contribution in [-0.4, -0.2) is 43.3 Å². The molecule has 0 bridgehead atoms. The number of hydrogen-bond acceptors (Lipinski definition) is 10. The Labute approximate surface area is 430 Å². The number of ketones is 1. The van der Waals surface area contributed by atoms with Crippen LogP contribution in [0.1, 0.15) is 99.9 Å². The topological polar surface area (TPSA) is 118 Å². The minimum atomic E-state index is -1.27. The van der Waals surface area contributed by atoms with Crippen LogP contribution in [0.25, 0.3) is 48.5 Å². The van der Waals surface area contributed by atoms with Gasteiger partial charge in [-0.1, -0.05) is 103 Å². The minimum absolute atomic E-state index is 0.0645. The molecule has 0 saturated carbocycles. The normalized spacial score (nSPS) is 13.5. The van der Waals surface area contributed by atoms with Crippen LogP contribution in [0.2, 0.25) is 0 Å². The van der Waals surface area contributed by atoms with Gasteiger partial charge in [-0.2, -0.15) is 5.26 Å². The molecule has 2 aliphatic rings. The number of carbonyl (C=O) groups is 2. The Balaban J connectivity index is 0.985. The number of hydrogen-bond donors (Lipinski definition) is 1. The van der Waals surface area contributed by atoms with Crippen LogP contribution in [0.3, 0.4) is 0 Å². The maximum absolute atomic E-state index is 14.2. The van der Waals surface area contributed by atoms with Crippen LogP contribution < -0.4 is 23.8 Å². The maximum Gasteiger partial charge on any atom is 0.346 e. The molecule has 3 heterocycles. The van der Waals surface area contributed by atoms with Gasteiger partial charge >= 0.3 is 5.97 Å². The van der Waals surface area contributed by atoms with E-state index in [0.717, 1.165) is 83.9 Å².